The number of para-hydroxylation sites is 1. The summed E-state index contributed by atoms with van der Waals surface area (Å²) < 4.78 is 23.5. The standard InChI is InChI=1S/C11H13NO3S/c1-11(2)7-10(13)12-8-5-3-4-6-9(8)16(11,14)15/h3-6H,7H2,1-2H3,(H,12,13). The first-order valence-corrected chi connectivity index (χ1v) is 6.46. The molecule has 1 heterocycles. The largest absolute Gasteiger partial charge is 0.325 e. The summed E-state index contributed by atoms with van der Waals surface area (Å²) in [4.78, 5) is 11.8. The number of amides is 1. The fraction of sp³-hybridized carbons (Fsp3) is 0.364. The van der Waals surface area contributed by atoms with E-state index in [9.17, 15) is 13.2 Å². The number of anilines is 1. The van der Waals surface area contributed by atoms with Crippen molar-refractivity contribution in [2.75, 3.05) is 5.32 Å². The third kappa shape index (κ3) is 1.51. The average Bonchev–Trinajstić information content (AvgIpc) is 2.22. The number of rotatable bonds is 0. The second-order valence-electron chi connectivity index (χ2n) is 4.48. The number of nitrogens with one attached hydrogen (secondary N) is 1. The molecular formula is C11H13NO3S. The molecule has 0 saturated carbocycles. The highest BCUT2D eigenvalue weighted by atomic mass is 32.2. The summed E-state index contributed by atoms with van der Waals surface area (Å²) in [7, 11) is -3.47. The summed E-state index contributed by atoms with van der Waals surface area (Å²) >= 11 is 0. The molecule has 2 rings (SSSR count). The predicted molar refractivity (Wildman–Crippen MR) is 61.0 cm³/mol. The van der Waals surface area contributed by atoms with Crippen LogP contribution in [0, 0.1) is 0 Å². The zero-order chi connectivity index (χ0) is 12.0. The molecule has 1 aliphatic heterocycles. The Morgan fingerprint density at radius 2 is 1.88 bits per heavy atom. The monoisotopic (exact) mass is 239 g/mol. The number of sulfone groups is 1. The van der Waals surface area contributed by atoms with Gasteiger partial charge in [0.1, 0.15) is 0 Å². The summed E-state index contributed by atoms with van der Waals surface area (Å²) in [5.41, 5.74) is 0.373. The first-order chi connectivity index (χ1) is 7.34. The molecule has 1 N–H and O–H groups in total. The quantitative estimate of drug-likeness (QED) is 0.747. The van der Waals surface area contributed by atoms with Gasteiger partial charge < -0.3 is 5.32 Å². The second kappa shape index (κ2) is 3.31. The van der Waals surface area contributed by atoms with Crippen LogP contribution in [0.5, 0.6) is 0 Å². The summed E-state index contributed by atoms with van der Waals surface area (Å²) in [5.74, 6) is -0.265. The number of hydrogen-bond donors (Lipinski definition) is 1. The molecule has 0 radical (unpaired) electrons. The number of benzene rings is 1. The van der Waals surface area contributed by atoms with Crippen LogP contribution in [0.2, 0.25) is 0 Å². The molecule has 0 bridgehead atoms. The molecule has 0 aromatic heterocycles. The minimum atomic E-state index is -3.47. The van der Waals surface area contributed by atoms with Crippen LogP contribution in [0.15, 0.2) is 29.2 Å². The Morgan fingerprint density at radius 1 is 1.25 bits per heavy atom. The van der Waals surface area contributed by atoms with E-state index in [4.69, 9.17) is 0 Å². The van der Waals surface area contributed by atoms with E-state index in [1.807, 2.05) is 0 Å². The van der Waals surface area contributed by atoms with Gasteiger partial charge in [0.2, 0.25) is 5.91 Å². The van der Waals surface area contributed by atoms with Crippen molar-refractivity contribution in [3.05, 3.63) is 24.3 Å². The average molecular weight is 239 g/mol. The summed E-state index contributed by atoms with van der Waals surface area (Å²) in [6.45, 7) is 3.15. The van der Waals surface area contributed by atoms with Crippen molar-refractivity contribution < 1.29 is 13.2 Å². The zero-order valence-electron chi connectivity index (χ0n) is 9.15. The SMILES string of the molecule is CC1(C)CC(=O)Nc2ccccc2S1(=O)=O. The minimum Gasteiger partial charge on any atom is -0.325 e. The van der Waals surface area contributed by atoms with Gasteiger partial charge in [-0.05, 0) is 26.0 Å². The molecule has 0 aliphatic carbocycles. The molecule has 5 heteroatoms. The van der Waals surface area contributed by atoms with Crippen molar-refractivity contribution in [2.24, 2.45) is 0 Å². The summed E-state index contributed by atoms with van der Waals surface area (Å²) in [6, 6.07) is 6.49. The van der Waals surface area contributed by atoms with Crippen LogP contribution < -0.4 is 5.32 Å². The van der Waals surface area contributed by atoms with Gasteiger partial charge in [0.25, 0.3) is 0 Å². The molecule has 1 amide bonds. The molecule has 0 spiro atoms. The number of fused-ring (bicyclic) bond motifs is 1. The van der Waals surface area contributed by atoms with Gasteiger partial charge in [-0.15, -0.1) is 0 Å². The van der Waals surface area contributed by atoms with Crippen LogP contribution >= 0.6 is 0 Å². The van der Waals surface area contributed by atoms with Crippen molar-refractivity contribution in [1.29, 1.82) is 0 Å². The van der Waals surface area contributed by atoms with Crippen molar-refractivity contribution >= 4 is 21.4 Å². The summed E-state index contributed by atoms with van der Waals surface area (Å²) in [6.07, 6.45) is -0.0238. The Hall–Kier alpha value is -1.36. The van der Waals surface area contributed by atoms with Gasteiger partial charge in [-0.1, -0.05) is 12.1 Å². The van der Waals surface area contributed by atoms with E-state index in [1.54, 1.807) is 32.0 Å². The van der Waals surface area contributed by atoms with Crippen molar-refractivity contribution in [1.82, 2.24) is 0 Å². The topological polar surface area (TPSA) is 63.2 Å². The van der Waals surface area contributed by atoms with Crippen molar-refractivity contribution in [3.63, 3.8) is 0 Å². The molecule has 0 saturated heterocycles. The maximum absolute atomic E-state index is 12.3. The van der Waals surface area contributed by atoms with E-state index in [0.29, 0.717) is 5.69 Å². The van der Waals surface area contributed by atoms with Crippen LogP contribution in [0.1, 0.15) is 20.3 Å². The van der Waals surface area contributed by atoms with Gasteiger partial charge in [0, 0.05) is 6.42 Å². The lowest BCUT2D eigenvalue weighted by Gasteiger charge is -2.21. The van der Waals surface area contributed by atoms with E-state index in [0.717, 1.165) is 0 Å². The lowest BCUT2D eigenvalue weighted by Crippen LogP contribution is -2.33. The maximum atomic E-state index is 12.3. The Labute approximate surface area is 94.6 Å². The van der Waals surface area contributed by atoms with E-state index < -0.39 is 14.6 Å². The minimum absolute atomic E-state index is 0.0238. The molecule has 86 valence electrons. The molecule has 0 unspecified atom stereocenters. The second-order valence-corrected chi connectivity index (χ2v) is 7.04. The highest BCUT2D eigenvalue weighted by molar-refractivity contribution is 7.93. The molecule has 16 heavy (non-hydrogen) atoms. The Morgan fingerprint density at radius 3 is 2.56 bits per heavy atom. The predicted octanol–water partition coefficient (Wildman–Crippen LogP) is 1.58. The molecule has 1 aromatic carbocycles. The Bertz CT molecular complexity index is 546. The lowest BCUT2D eigenvalue weighted by atomic mass is 10.1. The highest BCUT2D eigenvalue weighted by Crippen LogP contribution is 2.35. The van der Waals surface area contributed by atoms with Gasteiger partial charge in [-0.3, -0.25) is 4.79 Å². The van der Waals surface area contributed by atoms with Gasteiger partial charge in [-0.25, -0.2) is 8.42 Å². The fourth-order valence-corrected chi connectivity index (χ4v) is 3.36. The van der Waals surface area contributed by atoms with Crippen LogP contribution in [0.3, 0.4) is 0 Å². The number of hydrogen-bond acceptors (Lipinski definition) is 3. The van der Waals surface area contributed by atoms with Gasteiger partial charge in [-0.2, -0.15) is 0 Å². The van der Waals surface area contributed by atoms with E-state index >= 15 is 0 Å². The van der Waals surface area contributed by atoms with Crippen LogP contribution in [0.4, 0.5) is 5.69 Å². The van der Waals surface area contributed by atoms with Crippen molar-refractivity contribution in [2.45, 2.75) is 29.9 Å². The number of carbonyl (C=O) groups is 1. The third-order valence-electron chi connectivity index (χ3n) is 2.76. The molecule has 0 fully saturated rings. The van der Waals surface area contributed by atoms with Gasteiger partial charge in [0.05, 0.1) is 15.3 Å². The number of carbonyl (C=O) groups excluding carboxylic acids is 1. The maximum Gasteiger partial charge on any atom is 0.225 e. The zero-order valence-corrected chi connectivity index (χ0v) is 9.97. The Kier molecular flexibility index (Phi) is 2.31. The van der Waals surface area contributed by atoms with Crippen LogP contribution in [-0.2, 0) is 14.6 Å². The first kappa shape index (κ1) is 11.1. The van der Waals surface area contributed by atoms with Crippen LogP contribution in [-0.4, -0.2) is 19.1 Å². The molecule has 1 aromatic rings. The highest BCUT2D eigenvalue weighted by Gasteiger charge is 2.41. The molecule has 1 aliphatic rings. The Balaban J connectivity index is 2.74. The van der Waals surface area contributed by atoms with E-state index in [1.165, 1.54) is 6.07 Å². The summed E-state index contributed by atoms with van der Waals surface area (Å²) in [5, 5.41) is 2.62. The van der Waals surface area contributed by atoms with Gasteiger partial charge >= 0.3 is 0 Å². The van der Waals surface area contributed by atoms with Crippen LogP contribution in [0.25, 0.3) is 0 Å². The van der Waals surface area contributed by atoms with Gasteiger partial charge in [0.15, 0.2) is 9.84 Å². The fourth-order valence-electron chi connectivity index (χ4n) is 1.78. The van der Waals surface area contributed by atoms with Crippen molar-refractivity contribution in [3.8, 4) is 0 Å². The van der Waals surface area contributed by atoms with E-state index in [-0.39, 0.29) is 17.2 Å². The molecular weight excluding hydrogens is 226 g/mol. The van der Waals surface area contributed by atoms with E-state index in [2.05, 4.69) is 5.32 Å². The molecule has 4 nitrogen and oxygen atoms in total. The normalized spacial score (nSPS) is 21.8. The lowest BCUT2D eigenvalue weighted by molar-refractivity contribution is -0.116. The third-order valence-corrected chi connectivity index (χ3v) is 5.30. The smallest absolute Gasteiger partial charge is 0.225 e. The first-order valence-electron chi connectivity index (χ1n) is 4.98. The molecule has 0 atom stereocenters.